The van der Waals surface area contributed by atoms with E-state index in [1.165, 1.54) is 16.6 Å². The summed E-state index contributed by atoms with van der Waals surface area (Å²) in [5.74, 6) is -0.491. The summed E-state index contributed by atoms with van der Waals surface area (Å²) in [6.45, 7) is 3.40. The molecule has 0 aromatic carbocycles. The van der Waals surface area contributed by atoms with Crippen molar-refractivity contribution in [2.45, 2.75) is 26.1 Å². The molecule has 2 aromatic rings. The van der Waals surface area contributed by atoms with Crippen LogP contribution in [0.3, 0.4) is 0 Å². The van der Waals surface area contributed by atoms with Gasteiger partial charge in [0.15, 0.2) is 0 Å². The van der Waals surface area contributed by atoms with Crippen LogP contribution >= 0.6 is 0 Å². The highest BCUT2D eigenvalue weighted by Crippen LogP contribution is 2.34. The number of hydrogen-bond donors (Lipinski definition) is 2. The molecule has 26 heavy (non-hydrogen) atoms. The minimum Gasteiger partial charge on any atom is -0.372 e. The summed E-state index contributed by atoms with van der Waals surface area (Å²) < 4.78 is 40.2. The van der Waals surface area contributed by atoms with E-state index in [1.807, 2.05) is 0 Å². The molecule has 0 radical (unpaired) electrons. The molecule has 0 bridgehead atoms. The van der Waals surface area contributed by atoms with Crippen LogP contribution in [-0.4, -0.2) is 51.7 Å². The van der Waals surface area contributed by atoms with Crippen LogP contribution < -0.4 is 10.6 Å². The van der Waals surface area contributed by atoms with Crippen molar-refractivity contribution in [1.82, 2.24) is 24.6 Å². The molecular weight excluding hydrogens is 351 g/mol. The van der Waals surface area contributed by atoms with Crippen molar-refractivity contribution in [1.29, 1.82) is 0 Å². The Balaban J connectivity index is 2.28. The lowest BCUT2D eigenvalue weighted by molar-refractivity contribution is -0.137. The van der Waals surface area contributed by atoms with E-state index in [9.17, 15) is 18.0 Å². The van der Waals surface area contributed by atoms with Gasteiger partial charge in [0, 0.05) is 33.5 Å². The smallest absolute Gasteiger partial charge is 0.372 e. The number of nitrogens with one attached hydrogen (secondary N) is 2. The fourth-order valence-electron chi connectivity index (χ4n) is 2.25. The fourth-order valence-corrected chi connectivity index (χ4v) is 2.25. The zero-order valence-corrected chi connectivity index (χ0v) is 15.0. The zero-order chi connectivity index (χ0) is 19.6. The summed E-state index contributed by atoms with van der Waals surface area (Å²) in [5.41, 5.74) is 0.0892. The Morgan fingerprint density at radius 2 is 2.00 bits per heavy atom. The number of amides is 1. The number of carbonyl (C=O) groups excluding carboxylic acids is 1. The summed E-state index contributed by atoms with van der Waals surface area (Å²) in [4.78, 5) is 21.1. The van der Waals surface area contributed by atoms with Crippen molar-refractivity contribution in [2.75, 3.05) is 31.8 Å². The second kappa shape index (κ2) is 7.18. The van der Waals surface area contributed by atoms with Crippen molar-refractivity contribution < 1.29 is 18.0 Å². The molecule has 2 rings (SSSR count). The Morgan fingerprint density at radius 3 is 2.54 bits per heavy atom. The number of halogens is 3. The molecule has 0 aliphatic rings. The third-order valence-electron chi connectivity index (χ3n) is 3.69. The van der Waals surface area contributed by atoms with Crippen LogP contribution in [0.5, 0.6) is 0 Å². The molecule has 2 heterocycles. The van der Waals surface area contributed by atoms with Gasteiger partial charge in [0.2, 0.25) is 11.9 Å². The van der Waals surface area contributed by atoms with Gasteiger partial charge in [0.25, 0.3) is 0 Å². The minimum atomic E-state index is -4.56. The quantitative estimate of drug-likeness (QED) is 0.839. The highest BCUT2D eigenvalue weighted by Gasteiger charge is 2.35. The molecule has 0 fully saturated rings. The molecule has 2 aromatic heterocycles. The summed E-state index contributed by atoms with van der Waals surface area (Å²) in [6, 6.07) is -0.527. The minimum absolute atomic E-state index is 0.0170. The third-order valence-corrected chi connectivity index (χ3v) is 3.69. The molecule has 0 saturated heterocycles. The van der Waals surface area contributed by atoms with Gasteiger partial charge in [-0.1, -0.05) is 0 Å². The fraction of sp³-hybridized carbons (Fsp3) is 0.467. The third kappa shape index (κ3) is 4.03. The molecule has 2 N–H and O–H groups in total. The first-order valence-corrected chi connectivity index (χ1v) is 7.70. The number of nitrogens with zero attached hydrogens (tertiary/aromatic N) is 5. The first-order valence-electron chi connectivity index (χ1n) is 7.70. The molecular formula is C15H20F3N7O. The molecule has 142 valence electrons. The van der Waals surface area contributed by atoms with Crippen LogP contribution in [0.25, 0.3) is 0 Å². The van der Waals surface area contributed by atoms with Crippen LogP contribution in [0.4, 0.5) is 30.6 Å². The van der Waals surface area contributed by atoms with E-state index >= 15 is 0 Å². The van der Waals surface area contributed by atoms with Crippen LogP contribution in [0.1, 0.15) is 24.2 Å². The number of rotatable bonds is 5. The predicted molar refractivity (Wildman–Crippen MR) is 90.2 cm³/mol. The van der Waals surface area contributed by atoms with Gasteiger partial charge in [-0.25, -0.2) is 4.98 Å². The molecule has 1 atom stereocenters. The van der Waals surface area contributed by atoms with Gasteiger partial charge in [-0.05, 0) is 13.8 Å². The standard InChI is InChI=1S/C15H20F3N7O/c1-8-11(7-25(23-8)9(2)13(26)24(4)5)21-14-20-6-10(15(16,17)18)12(19-3)22-14/h6-7,9H,1-5H3,(H2,19,20,21,22)/t9-/m1/s1. The molecule has 8 nitrogen and oxygen atoms in total. The van der Waals surface area contributed by atoms with E-state index < -0.39 is 17.8 Å². The maximum Gasteiger partial charge on any atom is 0.421 e. The van der Waals surface area contributed by atoms with Crippen LogP contribution in [0.2, 0.25) is 0 Å². The number of anilines is 3. The number of hydrogen-bond acceptors (Lipinski definition) is 6. The maximum atomic E-state index is 12.9. The predicted octanol–water partition coefficient (Wildman–Crippen LogP) is 2.43. The van der Waals surface area contributed by atoms with E-state index in [4.69, 9.17) is 0 Å². The Bertz CT molecular complexity index is 801. The number of aromatic nitrogens is 4. The lowest BCUT2D eigenvalue weighted by Crippen LogP contribution is -2.30. The average Bonchev–Trinajstić information content (AvgIpc) is 2.92. The normalized spacial score (nSPS) is 12.6. The Hall–Kier alpha value is -2.85. The Morgan fingerprint density at radius 1 is 1.35 bits per heavy atom. The molecule has 0 aliphatic carbocycles. The Kier molecular flexibility index (Phi) is 5.38. The van der Waals surface area contributed by atoms with E-state index in [-0.39, 0.29) is 17.7 Å². The first kappa shape index (κ1) is 19.5. The number of carbonyl (C=O) groups is 1. The SMILES string of the molecule is CNc1nc(Nc2cn([C@H](C)C(=O)N(C)C)nc2C)ncc1C(F)(F)F. The second-order valence-electron chi connectivity index (χ2n) is 5.85. The molecule has 0 aliphatic heterocycles. The maximum absolute atomic E-state index is 12.9. The van der Waals surface area contributed by atoms with Gasteiger partial charge < -0.3 is 15.5 Å². The van der Waals surface area contributed by atoms with E-state index in [1.54, 1.807) is 34.1 Å². The van der Waals surface area contributed by atoms with Gasteiger partial charge in [-0.2, -0.15) is 23.3 Å². The highest BCUT2D eigenvalue weighted by atomic mass is 19.4. The van der Waals surface area contributed by atoms with Crippen LogP contribution in [0, 0.1) is 6.92 Å². The van der Waals surface area contributed by atoms with Crippen LogP contribution in [0.15, 0.2) is 12.4 Å². The monoisotopic (exact) mass is 371 g/mol. The van der Waals surface area contributed by atoms with Crippen molar-refractivity contribution in [2.24, 2.45) is 0 Å². The van der Waals surface area contributed by atoms with Crippen molar-refractivity contribution in [3.05, 3.63) is 23.7 Å². The summed E-state index contributed by atoms with van der Waals surface area (Å²) >= 11 is 0. The van der Waals surface area contributed by atoms with Crippen molar-refractivity contribution in [3.8, 4) is 0 Å². The van der Waals surface area contributed by atoms with Gasteiger partial charge in [-0.15, -0.1) is 0 Å². The molecule has 1 amide bonds. The van der Waals surface area contributed by atoms with Crippen molar-refractivity contribution in [3.63, 3.8) is 0 Å². The zero-order valence-electron chi connectivity index (χ0n) is 15.0. The highest BCUT2D eigenvalue weighted by molar-refractivity contribution is 5.79. The molecule has 11 heteroatoms. The van der Waals surface area contributed by atoms with E-state index in [2.05, 4.69) is 25.7 Å². The van der Waals surface area contributed by atoms with Gasteiger partial charge in [0.1, 0.15) is 17.4 Å². The molecule has 0 spiro atoms. The second-order valence-corrected chi connectivity index (χ2v) is 5.85. The molecule has 0 unspecified atom stereocenters. The van der Waals surface area contributed by atoms with Gasteiger partial charge >= 0.3 is 6.18 Å². The summed E-state index contributed by atoms with van der Waals surface area (Å²) in [5, 5.41) is 9.51. The van der Waals surface area contributed by atoms with Gasteiger partial charge in [0.05, 0.1) is 11.4 Å². The first-order chi connectivity index (χ1) is 12.0. The largest absolute Gasteiger partial charge is 0.421 e. The van der Waals surface area contributed by atoms with Crippen molar-refractivity contribution >= 4 is 23.4 Å². The lowest BCUT2D eigenvalue weighted by Gasteiger charge is -2.16. The number of alkyl halides is 3. The summed E-state index contributed by atoms with van der Waals surface area (Å²) in [7, 11) is 4.63. The lowest BCUT2D eigenvalue weighted by atomic mass is 10.3. The topological polar surface area (TPSA) is 88.0 Å². The average molecular weight is 371 g/mol. The molecule has 0 saturated carbocycles. The summed E-state index contributed by atoms with van der Waals surface area (Å²) in [6.07, 6.45) is -2.26. The number of aryl methyl sites for hydroxylation is 1. The van der Waals surface area contributed by atoms with E-state index in [0.717, 1.165) is 0 Å². The van der Waals surface area contributed by atoms with Crippen LogP contribution in [-0.2, 0) is 11.0 Å². The van der Waals surface area contributed by atoms with Gasteiger partial charge in [-0.3, -0.25) is 9.48 Å². The number of likely N-dealkylation sites (N-methyl/N-ethyl adjacent to an activating group) is 1. The van der Waals surface area contributed by atoms with E-state index in [0.29, 0.717) is 17.6 Å². The Labute approximate surface area is 148 Å².